The maximum atomic E-state index is 11.9. The summed E-state index contributed by atoms with van der Waals surface area (Å²) in [5, 5.41) is 3.16. The van der Waals surface area contributed by atoms with E-state index in [2.05, 4.69) is 33.4 Å². The van der Waals surface area contributed by atoms with Crippen LogP contribution in [0.1, 0.15) is 38.2 Å². The second-order valence-electron chi connectivity index (χ2n) is 5.18. The van der Waals surface area contributed by atoms with Gasteiger partial charge in [-0.25, -0.2) is 0 Å². The highest BCUT2D eigenvalue weighted by Crippen LogP contribution is 2.41. The average molecular weight is 348 g/mol. The molecule has 0 bridgehead atoms. The summed E-state index contributed by atoms with van der Waals surface area (Å²) in [6.07, 6.45) is 3.56. The van der Waals surface area contributed by atoms with Crippen LogP contribution in [-0.2, 0) is 10.3 Å². The van der Waals surface area contributed by atoms with Crippen LogP contribution in [0.5, 0.6) is 0 Å². The predicted molar refractivity (Wildman–Crippen MR) is 83.3 cm³/mol. The average Bonchev–Trinajstić information content (AvgIpc) is 2.22. The predicted octanol–water partition coefficient (Wildman–Crippen LogP) is 3.10. The fraction of sp³-hybridized carbons (Fsp3) is 0.500. The molecule has 1 saturated carbocycles. The minimum absolute atomic E-state index is 0. The lowest BCUT2D eigenvalue weighted by Gasteiger charge is -2.43. The lowest BCUT2D eigenvalue weighted by Crippen LogP contribution is -2.51. The first kappa shape index (κ1) is 16.5. The molecule has 3 nitrogen and oxygen atoms in total. The van der Waals surface area contributed by atoms with Gasteiger partial charge in [0.25, 0.3) is 0 Å². The molecule has 0 aromatic heterocycles. The summed E-state index contributed by atoms with van der Waals surface area (Å²) < 4.78 is 1.05. The number of halogens is 2. The van der Waals surface area contributed by atoms with Crippen molar-refractivity contribution in [1.82, 2.24) is 5.32 Å². The van der Waals surface area contributed by atoms with E-state index in [1.807, 2.05) is 19.1 Å². The molecule has 0 heterocycles. The molecule has 1 aliphatic carbocycles. The van der Waals surface area contributed by atoms with Crippen LogP contribution in [-0.4, -0.2) is 11.9 Å². The maximum Gasteiger partial charge on any atom is 0.222 e. The van der Waals surface area contributed by atoms with Crippen molar-refractivity contribution in [2.45, 2.75) is 44.2 Å². The van der Waals surface area contributed by atoms with Gasteiger partial charge in [0.1, 0.15) is 0 Å². The largest absolute Gasteiger partial charge is 0.347 e. The zero-order valence-electron chi connectivity index (χ0n) is 11.0. The summed E-state index contributed by atoms with van der Waals surface area (Å²) in [6.45, 7) is 1.85. The smallest absolute Gasteiger partial charge is 0.222 e. The van der Waals surface area contributed by atoms with E-state index < -0.39 is 0 Å². The molecule has 1 atom stereocenters. The third-order valence-corrected chi connectivity index (χ3v) is 3.96. The highest BCUT2D eigenvalue weighted by Gasteiger charge is 2.39. The zero-order valence-corrected chi connectivity index (χ0v) is 13.4. The van der Waals surface area contributed by atoms with Crippen molar-refractivity contribution in [2.24, 2.45) is 5.73 Å². The third kappa shape index (κ3) is 3.94. The van der Waals surface area contributed by atoms with Crippen LogP contribution < -0.4 is 11.1 Å². The van der Waals surface area contributed by atoms with E-state index in [4.69, 9.17) is 5.73 Å². The number of nitrogens with two attached hydrogens (primary N) is 1. The van der Waals surface area contributed by atoms with Crippen molar-refractivity contribution in [1.29, 1.82) is 0 Å². The van der Waals surface area contributed by atoms with Crippen LogP contribution in [0.15, 0.2) is 28.7 Å². The molecule has 19 heavy (non-hydrogen) atoms. The van der Waals surface area contributed by atoms with Crippen molar-refractivity contribution in [3.05, 3.63) is 34.3 Å². The van der Waals surface area contributed by atoms with Crippen LogP contribution in [0.2, 0.25) is 0 Å². The van der Waals surface area contributed by atoms with Crippen LogP contribution in [0, 0.1) is 0 Å². The first-order valence-corrected chi connectivity index (χ1v) is 7.14. The molecule has 1 aromatic carbocycles. The van der Waals surface area contributed by atoms with Crippen LogP contribution >= 0.6 is 28.3 Å². The molecule has 1 aliphatic rings. The number of hydrogen-bond acceptors (Lipinski definition) is 2. The number of benzene rings is 1. The van der Waals surface area contributed by atoms with E-state index in [0.29, 0.717) is 6.42 Å². The van der Waals surface area contributed by atoms with Crippen molar-refractivity contribution in [3.63, 3.8) is 0 Å². The minimum atomic E-state index is -0.171. The standard InChI is InChI=1S/C14H19BrN2O.ClH/c1-10(16)8-13(18)17-14(6-3-7-14)11-4-2-5-12(15)9-11;/h2,4-5,9-10H,3,6-8,16H2,1H3,(H,17,18);1H. The Kier molecular flexibility index (Phi) is 5.83. The van der Waals surface area contributed by atoms with Crippen molar-refractivity contribution >= 4 is 34.2 Å². The van der Waals surface area contributed by atoms with Gasteiger partial charge in [-0.1, -0.05) is 28.1 Å². The van der Waals surface area contributed by atoms with E-state index >= 15 is 0 Å². The quantitative estimate of drug-likeness (QED) is 0.879. The summed E-state index contributed by atoms with van der Waals surface area (Å²) in [5.74, 6) is 0.0460. The van der Waals surface area contributed by atoms with E-state index in [0.717, 1.165) is 23.7 Å². The number of nitrogens with one attached hydrogen (secondary N) is 1. The summed E-state index contributed by atoms with van der Waals surface area (Å²) in [4.78, 5) is 11.9. The van der Waals surface area contributed by atoms with Gasteiger partial charge in [0.05, 0.1) is 5.54 Å². The van der Waals surface area contributed by atoms with Gasteiger partial charge in [-0.05, 0) is 43.9 Å². The number of carbonyl (C=O) groups excluding carboxylic acids is 1. The van der Waals surface area contributed by atoms with E-state index in [1.54, 1.807) is 0 Å². The lowest BCUT2D eigenvalue weighted by atomic mass is 9.71. The van der Waals surface area contributed by atoms with Gasteiger partial charge in [0.15, 0.2) is 0 Å². The van der Waals surface area contributed by atoms with Crippen LogP contribution in [0.3, 0.4) is 0 Å². The van der Waals surface area contributed by atoms with Gasteiger partial charge in [-0.2, -0.15) is 0 Å². The molecule has 0 spiro atoms. The van der Waals surface area contributed by atoms with Gasteiger partial charge in [-0.15, -0.1) is 12.4 Å². The van der Waals surface area contributed by atoms with Gasteiger partial charge in [0, 0.05) is 16.9 Å². The van der Waals surface area contributed by atoms with Gasteiger partial charge >= 0.3 is 0 Å². The monoisotopic (exact) mass is 346 g/mol. The van der Waals surface area contributed by atoms with Crippen LogP contribution in [0.4, 0.5) is 0 Å². The number of hydrogen-bond donors (Lipinski definition) is 2. The Balaban J connectivity index is 0.00000180. The zero-order chi connectivity index (χ0) is 13.2. The van der Waals surface area contributed by atoms with Gasteiger partial charge < -0.3 is 11.1 Å². The molecule has 1 fully saturated rings. The van der Waals surface area contributed by atoms with Crippen molar-refractivity contribution in [2.75, 3.05) is 0 Å². The Morgan fingerprint density at radius 3 is 2.68 bits per heavy atom. The Morgan fingerprint density at radius 2 is 2.21 bits per heavy atom. The Bertz CT molecular complexity index is 447. The normalized spacial score (nSPS) is 17.8. The topological polar surface area (TPSA) is 55.1 Å². The van der Waals surface area contributed by atoms with E-state index in [9.17, 15) is 4.79 Å². The molecule has 0 saturated heterocycles. The Labute approximate surface area is 128 Å². The Morgan fingerprint density at radius 1 is 1.53 bits per heavy atom. The molecule has 1 aromatic rings. The van der Waals surface area contributed by atoms with Gasteiger partial charge in [0.2, 0.25) is 5.91 Å². The van der Waals surface area contributed by atoms with Crippen molar-refractivity contribution in [3.8, 4) is 0 Å². The first-order valence-electron chi connectivity index (χ1n) is 6.34. The molecule has 2 rings (SSSR count). The summed E-state index contributed by atoms with van der Waals surface area (Å²) in [7, 11) is 0. The lowest BCUT2D eigenvalue weighted by molar-refractivity contribution is -0.124. The fourth-order valence-corrected chi connectivity index (χ4v) is 2.81. The van der Waals surface area contributed by atoms with E-state index in [1.165, 1.54) is 5.56 Å². The van der Waals surface area contributed by atoms with Gasteiger partial charge in [-0.3, -0.25) is 4.79 Å². The minimum Gasteiger partial charge on any atom is -0.347 e. The third-order valence-electron chi connectivity index (χ3n) is 3.47. The van der Waals surface area contributed by atoms with Crippen LogP contribution in [0.25, 0.3) is 0 Å². The second kappa shape index (κ2) is 6.73. The molecule has 0 aliphatic heterocycles. The highest BCUT2D eigenvalue weighted by molar-refractivity contribution is 9.10. The highest BCUT2D eigenvalue weighted by atomic mass is 79.9. The summed E-state index contributed by atoms with van der Waals surface area (Å²) >= 11 is 3.48. The number of amides is 1. The number of rotatable bonds is 4. The molecule has 106 valence electrons. The summed E-state index contributed by atoms with van der Waals surface area (Å²) in [6, 6.07) is 8.09. The summed E-state index contributed by atoms with van der Waals surface area (Å²) in [5.41, 5.74) is 6.68. The second-order valence-corrected chi connectivity index (χ2v) is 6.09. The Hall–Kier alpha value is -0.580. The molecule has 3 N–H and O–H groups in total. The fourth-order valence-electron chi connectivity index (χ4n) is 2.41. The molecule has 5 heteroatoms. The maximum absolute atomic E-state index is 11.9. The first-order chi connectivity index (χ1) is 8.52. The van der Waals surface area contributed by atoms with Crippen molar-refractivity contribution < 1.29 is 4.79 Å². The molecule has 1 amide bonds. The number of carbonyl (C=O) groups is 1. The van der Waals surface area contributed by atoms with E-state index in [-0.39, 0.29) is 29.9 Å². The molecule has 1 unspecified atom stereocenters. The molecular weight excluding hydrogens is 328 g/mol. The molecular formula is C14H20BrClN2O. The SMILES string of the molecule is CC(N)CC(=O)NC1(c2cccc(Br)c2)CCC1.Cl. The molecule has 0 radical (unpaired) electrons.